The van der Waals surface area contributed by atoms with E-state index in [4.69, 9.17) is 0 Å². The van der Waals surface area contributed by atoms with Gasteiger partial charge in [-0.25, -0.2) is 0 Å². The van der Waals surface area contributed by atoms with Crippen molar-refractivity contribution in [2.24, 2.45) is 11.8 Å². The molecular weight excluding hydrogens is 344 g/mol. The number of carbonyl (C=O) groups excluding carboxylic acids is 2. The largest absolute Gasteiger partial charge is 0.469 e. The van der Waals surface area contributed by atoms with Crippen molar-refractivity contribution in [1.29, 1.82) is 0 Å². The number of hydrogen-bond donors (Lipinski definition) is 2. The second-order valence-electron chi connectivity index (χ2n) is 8.34. The number of esters is 1. The summed E-state index contributed by atoms with van der Waals surface area (Å²) in [5.41, 5.74) is -0.874. The highest BCUT2D eigenvalue weighted by atomic mass is 16.5. The maximum atomic E-state index is 11.1. The highest BCUT2D eigenvalue weighted by Gasteiger charge is 2.32. The standard InChI is InChI=1S/C22H38O5/c1-17(23)14-16-22(2,26)15-8-10-19-18(12-13-20(19)24)9-6-4-5-7-11-21(25)27-3/h8,10,18-20,24,26H,4-7,9,11-16H2,1-3H3/b10-8+/t18-,19+,20-,22+/m0/s1. The van der Waals surface area contributed by atoms with Crippen LogP contribution in [0.5, 0.6) is 0 Å². The molecule has 0 aromatic heterocycles. The number of hydrogen-bond acceptors (Lipinski definition) is 5. The van der Waals surface area contributed by atoms with E-state index in [0.29, 0.717) is 31.6 Å². The Kier molecular flexibility index (Phi) is 10.9. The predicted octanol–water partition coefficient (Wildman–Crippen LogP) is 3.95. The molecule has 1 fully saturated rings. The lowest BCUT2D eigenvalue weighted by molar-refractivity contribution is -0.140. The van der Waals surface area contributed by atoms with Gasteiger partial charge in [0.05, 0.1) is 18.8 Å². The van der Waals surface area contributed by atoms with Crippen LogP contribution in [0.4, 0.5) is 0 Å². The zero-order valence-electron chi connectivity index (χ0n) is 17.3. The van der Waals surface area contributed by atoms with Crippen molar-refractivity contribution < 1.29 is 24.5 Å². The number of Topliss-reactive ketones (excluding diaryl/α,β-unsaturated/α-hetero) is 1. The van der Waals surface area contributed by atoms with Crippen molar-refractivity contribution in [1.82, 2.24) is 0 Å². The van der Waals surface area contributed by atoms with Crippen LogP contribution >= 0.6 is 0 Å². The summed E-state index contributed by atoms with van der Waals surface area (Å²) >= 11 is 0. The molecule has 0 radical (unpaired) electrons. The van der Waals surface area contributed by atoms with E-state index in [-0.39, 0.29) is 23.8 Å². The summed E-state index contributed by atoms with van der Waals surface area (Å²) in [5.74, 6) is 0.595. The van der Waals surface area contributed by atoms with E-state index < -0.39 is 5.60 Å². The average Bonchev–Trinajstić information content (AvgIpc) is 2.96. The van der Waals surface area contributed by atoms with E-state index in [1.54, 1.807) is 13.8 Å². The maximum absolute atomic E-state index is 11.1. The van der Waals surface area contributed by atoms with Gasteiger partial charge in [0, 0.05) is 18.8 Å². The first-order valence-corrected chi connectivity index (χ1v) is 10.4. The molecule has 0 aromatic rings. The van der Waals surface area contributed by atoms with Gasteiger partial charge in [-0.05, 0) is 58.3 Å². The molecule has 1 saturated carbocycles. The van der Waals surface area contributed by atoms with Crippen molar-refractivity contribution in [3.63, 3.8) is 0 Å². The molecule has 2 N–H and O–H groups in total. The number of aliphatic hydroxyl groups excluding tert-OH is 1. The molecular formula is C22H38O5. The predicted molar refractivity (Wildman–Crippen MR) is 106 cm³/mol. The summed E-state index contributed by atoms with van der Waals surface area (Å²) in [6.45, 7) is 3.30. The molecule has 156 valence electrons. The van der Waals surface area contributed by atoms with Crippen LogP contribution in [0.25, 0.3) is 0 Å². The normalized spacial score (nSPS) is 24.9. The zero-order chi connectivity index (χ0) is 20.3. The Morgan fingerprint density at radius 3 is 2.52 bits per heavy atom. The molecule has 1 rings (SSSR count). The first-order chi connectivity index (χ1) is 12.7. The third-order valence-electron chi connectivity index (χ3n) is 5.69. The molecule has 4 atom stereocenters. The number of carbonyl (C=O) groups is 2. The minimum atomic E-state index is -0.874. The number of methoxy groups -OCH3 is 1. The van der Waals surface area contributed by atoms with Crippen LogP contribution in [0.1, 0.15) is 84.5 Å². The first-order valence-electron chi connectivity index (χ1n) is 10.4. The van der Waals surface area contributed by atoms with Crippen LogP contribution in [-0.2, 0) is 14.3 Å². The number of rotatable bonds is 13. The summed E-state index contributed by atoms with van der Waals surface area (Å²) in [4.78, 5) is 22.2. The minimum absolute atomic E-state index is 0.0946. The van der Waals surface area contributed by atoms with Crippen LogP contribution < -0.4 is 0 Å². The molecule has 0 aliphatic heterocycles. The van der Waals surface area contributed by atoms with Gasteiger partial charge in [-0.1, -0.05) is 31.4 Å². The molecule has 5 nitrogen and oxygen atoms in total. The van der Waals surface area contributed by atoms with E-state index in [9.17, 15) is 19.8 Å². The number of unbranched alkanes of at least 4 members (excludes halogenated alkanes) is 3. The van der Waals surface area contributed by atoms with Crippen LogP contribution in [0.3, 0.4) is 0 Å². The fourth-order valence-corrected chi connectivity index (χ4v) is 3.86. The van der Waals surface area contributed by atoms with Gasteiger partial charge in [-0.15, -0.1) is 0 Å². The van der Waals surface area contributed by atoms with Crippen molar-refractivity contribution in [3.8, 4) is 0 Å². The van der Waals surface area contributed by atoms with Gasteiger partial charge < -0.3 is 19.7 Å². The van der Waals surface area contributed by atoms with Crippen molar-refractivity contribution in [2.45, 2.75) is 96.2 Å². The SMILES string of the molecule is COC(=O)CCCCCC[C@H]1CC[C@H](O)[C@@H]1/C=C/C[C@@](C)(O)CCC(C)=O. The highest BCUT2D eigenvalue weighted by molar-refractivity contribution is 5.75. The topological polar surface area (TPSA) is 83.8 Å². The fraction of sp³-hybridized carbons (Fsp3) is 0.818. The molecule has 27 heavy (non-hydrogen) atoms. The van der Waals surface area contributed by atoms with Gasteiger partial charge in [0.2, 0.25) is 0 Å². The lowest BCUT2D eigenvalue weighted by Crippen LogP contribution is -2.24. The summed E-state index contributed by atoms with van der Waals surface area (Å²) in [6.07, 6.45) is 12.7. The van der Waals surface area contributed by atoms with Gasteiger partial charge in [-0.2, -0.15) is 0 Å². The smallest absolute Gasteiger partial charge is 0.305 e. The molecule has 0 heterocycles. The second kappa shape index (κ2) is 12.3. The van der Waals surface area contributed by atoms with Gasteiger partial charge in [0.15, 0.2) is 0 Å². The number of aliphatic hydroxyl groups is 2. The van der Waals surface area contributed by atoms with E-state index in [2.05, 4.69) is 10.8 Å². The third-order valence-corrected chi connectivity index (χ3v) is 5.69. The minimum Gasteiger partial charge on any atom is -0.469 e. The first kappa shape index (κ1) is 23.8. The van der Waals surface area contributed by atoms with E-state index >= 15 is 0 Å². The summed E-state index contributed by atoms with van der Waals surface area (Å²) in [5, 5.41) is 20.6. The summed E-state index contributed by atoms with van der Waals surface area (Å²) in [6, 6.07) is 0. The average molecular weight is 383 g/mol. The number of ether oxygens (including phenoxy) is 1. The number of ketones is 1. The van der Waals surface area contributed by atoms with E-state index in [1.165, 1.54) is 7.11 Å². The van der Waals surface area contributed by atoms with Crippen LogP contribution in [0, 0.1) is 11.8 Å². The van der Waals surface area contributed by atoms with Crippen molar-refractivity contribution in [3.05, 3.63) is 12.2 Å². The lowest BCUT2D eigenvalue weighted by Gasteiger charge is -2.22. The highest BCUT2D eigenvalue weighted by Crippen LogP contribution is 2.37. The molecule has 0 saturated heterocycles. The van der Waals surface area contributed by atoms with Gasteiger partial charge in [-0.3, -0.25) is 4.79 Å². The Morgan fingerprint density at radius 2 is 1.85 bits per heavy atom. The molecule has 5 heteroatoms. The third kappa shape index (κ3) is 10.1. The maximum Gasteiger partial charge on any atom is 0.305 e. The van der Waals surface area contributed by atoms with E-state index in [1.807, 2.05) is 6.08 Å². The second-order valence-corrected chi connectivity index (χ2v) is 8.34. The van der Waals surface area contributed by atoms with E-state index in [0.717, 1.165) is 44.9 Å². The van der Waals surface area contributed by atoms with Crippen molar-refractivity contribution >= 4 is 11.8 Å². The molecule has 0 amide bonds. The quantitative estimate of drug-likeness (QED) is 0.286. The van der Waals surface area contributed by atoms with Crippen LogP contribution in [0.15, 0.2) is 12.2 Å². The Labute approximate surface area is 164 Å². The Balaban J connectivity index is 2.33. The van der Waals surface area contributed by atoms with Gasteiger partial charge >= 0.3 is 5.97 Å². The Morgan fingerprint density at radius 1 is 1.15 bits per heavy atom. The molecule has 0 unspecified atom stereocenters. The van der Waals surface area contributed by atoms with Gasteiger partial charge in [0.1, 0.15) is 5.78 Å². The fourth-order valence-electron chi connectivity index (χ4n) is 3.86. The lowest BCUT2D eigenvalue weighted by atomic mass is 9.88. The molecule has 1 aliphatic carbocycles. The Bertz CT molecular complexity index is 483. The zero-order valence-corrected chi connectivity index (χ0v) is 17.3. The Hall–Kier alpha value is -1.20. The molecule has 0 bridgehead atoms. The van der Waals surface area contributed by atoms with Crippen molar-refractivity contribution in [2.75, 3.05) is 7.11 Å². The summed E-state index contributed by atoms with van der Waals surface area (Å²) in [7, 11) is 1.42. The summed E-state index contributed by atoms with van der Waals surface area (Å²) < 4.78 is 4.64. The van der Waals surface area contributed by atoms with Gasteiger partial charge in [0.25, 0.3) is 0 Å². The van der Waals surface area contributed by atoms with Crippen LogP contribution in [-0.4, -0.2) is 40.8 Å². The molecule has 0 aromatic carbocycles. The molecule has 0 spiro atoms. The van der Waals surface area contributed by atoms with Crippen LogP contribution in [0.2, 0.25) is 0 Å². The molecule has 1 aliphatic rings. The monoisotopic (exact) mass is 382 g/mol.